The van der Waals surface area contributed by atoms with E-state index < -0.39 is 0 Å². The molecule has 0 aliphatic rings. The second-order valence-corrected chi connectivity index (χ2v) is 7.34. The van der Waals surface area contributed by atoms with Gasteiger partial charge in [-0.25, -0.2) is 0 Å². The molecule has 0 saturated carbocycles. The van der Waals surface area contributed by atoms with Crippen molar-refractivity contribution in [3.63, 3.8) is 0 Å². The van der Waals surface area contributed by atoms with Crippen LogP contribution in [0.2, 0.25) is 0 Å². The highest BCUT2D eigenvalue weighted by molar-refractivity contribution is 5.97. The van der Waals surface area contributed by atoms with E-state index >= 15 is 0 Å². The molecule has 27 heavy (non-hydrogen) atoms. The molecule has 0 N–H and O–H groups in total. The van der Waals surface area contributed by atoms with Crippen molar-refractivity contribution in [3.8, 4) is 11.5 Å². The van der Waals surface area contributed by atoms with Gasteiger partial charge in [0.1, 0.15) is 11.5 Å². The average Bonchev–Trinajstić information content (AvgIpc) is 2.63. The van der Waals surface area contributed by atoms with E-state index in [2.05, 4.69) is 0 Å². The number of ether oxygens (including phenoxy) is 2. The predicted octanol–water partition coefficient (Wildman–Crippen LogP) is 4.10. The fourth-order valence-electron chi connectivity index (χ4n) is 2.72. The number of carbonyl (C=O) groups excluding carboxylic acids is 2. The summed E-state index contributed by atoms with van der Waals surface area (Å²) in [5, 5.41) is 0. The molecule has 1 amide bonds. The molecule has 144 valence electrons. The number of hydrogen-bond donors (Lipinski definition) is 0. The zero-order valence-corrected chi connectivity index (χ0v) is 16.6. The van der Waals surface area contributed by atoms with Crippen LogP contribution in [0.25, 0.3) is 0 Å². The zero-order chi connectivity index (χ0) is 20.0. The van der Waals surface area contributed by atoms with E-state index in [0.29, 0.717) is 23.6 Å². The first-order chi connectivity index (χ1) is 12.7. The van der Waals surface area contributed by atoms with Gasteiger partial charge in [-0.3, -0.25) is 9.59 Å². The lowest BCUT2D eigenvalue weighted by Crippen LogP contribution is -2.47. The standard InChI is InChI=1S/C22H27NO4/c1-16(24)19-13-18(26-5)11-12-20(19)27-15-21(25)23(22(2,3)4)14-17-9-7-6-8-10-17/h6-13H,14-15H2,1-5H3. The maximum Gasteiger partial charge on any atom is 0.261 e. The van der Waals surface area contributed by atoms with Crippen molar-refractivity contribution in [2.75, 3.05) is 13.7 Å². The molecule has 5 nitrogen and oxygen atoms in total. The predicted molar refractivity (Wildman–Crippen MR) is 105 cm³/mol. The van der Waals surface area contributed by atoms with Crippen molar-refractivity contribution in [2.45, 2.75) is 39.8 Å². The van der Waals surface area contributed by atoms with Gasteiger partial charge in [-0.05, 0) is 51.5 Å². The number of Topliss-reactive ketones (excluding diaryl/α,β-unsaturated/α-hetero) is 1. The topological polar surface area (TPSA) is 55.8 Å². The Morgan fingerprint density at radius 3 is 2.26 bits per heavy atom. The lowest BCUT2D eigenvalue weighted by Gasteiger charge is -2.36. The van der Waals surface area contributed by atoms with Crippen LogP contribution in [0.5, 0.6) is 11.5 Å². The van der Waals surface area contributed by atoms with Gasteiger partial charge in [0.15, 0.2) is 12.4 Å². The Morgan fingerprint density at radius 1 is 1.04 bits per heavy atom. The lowest BCUT2D eigenvalue weighted by molar-refractivity contribution is -0.139. The maximum absolute atomic E-state index is 12.9. The van der Waals surface area contributed by atoms with E-state index in [0.717, 1.165) is 5.56 Å². The van der Waals surface area contributed by atoms with Crippen LogP contribution in [0.4, 0.5) is 0 Å². The van der Waals surface area contributed by atoms with Crippen molar-refractivity contribution < 1.29 is 19.1 Å². The van der Waals surface area contributed by atoms with Crippen LogP contribution >= 0.6 is 0 Å². The Bertz CT molecular complexity index is 794. The molecule has 2 aromatic carbocycles. The van der Waals surface area contributed by atoms with Crippen molar-refractivity contribution in [1.29, 1.82) is 0 Å². The van der Waals surface area contributed by atoms with Crippen molar-refractivity contribution in [2.24, 2.45) is 0 Å². The minimum Gasteiger partial charge on any atom is -0.497 e. The Kier molecular flexibility index (Phi) is 6.61. The summed E-state index contributed by atoms with van der Waals surface area (Å²) in [6, 6.07) is 14.8. The Hall–Kier alpha value is -2.82. The third kappa shape index (κ3) is 5.58. The monoisotopic (exact) mass is 369 g/mol. The van der Waals surface area contributed by atoms with Gasteiger partial charge >= 0.3 is 0 Å². The number of ketones is 1. The highest BCUT2D eigenvalue weighted by Crippen LogP contribution is 2.25. The SMILES string of the molecule is COc1ccc(OCC(=O)N(Cc2ccccc2)C(C)(C)C)c(C(C)=O)c1. The van der Waals surface area contributed by atoms with Gasteiger partial charge in [0.2, 0.25) is 0 Å². The number of rotatable bonds is 7. The molecule has 2 rings (SSSR count). The minimum atomic E-state index is -0.362. The van der Waals surface area contributed by atoms with Gasteiger partial charge in [-0.2, -0.15) is 0 Å². The minimum absolute atomic E-state index is 0.142. The molecule has 0 atom stereocenters. The van der Waals surface area contributed by atoms with Crippen LogP contribution in [-0.2, 0) is 11.3 Å². The summed E-state index contributed by atoms with van der Waals surface area (Å²) < 4.78 is 10.9. The second kappa shape index (κ2) is 8.71. The van der Waals surface area contributed by atoms with Crippen LogP contribution in [0, 0.1) is 0 Å². The van der Waals surface area contributed by atoms with Crippen molar-refractivity contribution in [1.82, 2.24) is 4.90 Å². The average molecular weight is 369 g/mol. The van der Waals surface area contributed by atoms with Gasteiger partial charge in [0.05, 0.1) is 12.7 Å². The third-order valence-corrected chi connectivity index (χ3v) is 4.21. The third-order valence-electron chi connectivity index (χ3n) is 4.21. The first-order valence-electron chi connectivity index (χ1n) is 8.88. The van der Waals surface area contributed by atoms with E-state index in [-0.39, 0.29) is 23.8 Å². The van der Waals surface area contributed by atoms with Gasteiger partial charge < -0.3 is 14.4 Å². The fourth-order valence-corrected chi connectivity index (χ4v) is 2.72. The highest BCUT2D eigenvalue weighted by atomic mass is 16.5. The smallest absolute Gasteiger partial charge is 0.261 e. The number of methoxy groups -OCH3 is 1. The molecule has 5 heteroatoms. The molecule has 0 aliphatic heterocycles. The summed E-state index contributed by atoms with van der Waals surface area (Å²) in [6.45, 7) is 7.78. The van der Waals surface area contributed by atoms with E-state index in [1.165, 1.54) is 14.0 Å². The van der Waals surface area contributed by atoms with Gasteiger partial charge in [-0.1, -0.05) is 30.3 Å². The van der Waals surface area contributed by atoms with Gasteiger partial charge in [0, 0.05) is 12.1 Å². The molecule has 0 aromatic heterocycles. The molecular formula is C22H27NO4. The summed E-state index contributed by atoms with van der Waals surface area (Å²) in [4.78, 5) is 26.5. The van der Waals surface area contributed by atoms with E-state index in [1.807, 2.05) is 51.1 Å². The Labute approximate surface area is 160 Å². The lowest BCUT2D eigenvalue weighted by atomic mass is 10.0. The summed E-state index contributed by atoms with van der Waals surface area (Å²) in [6.07, 6.45) is 0. The van der Waals surface area contributed by atoms with E-state index in [9.17, 15) is 9.59 Å². The molecule has 0 heterocycles. The second-order valence-electron chi connectivity index (χ2n) is 7.34. The molecule has 0 unspecified atom stereocenters. The Morgan fingerprint density at radius 2 is 1.70 bits per heavy atom. The van der Waals surface area contributed by atoms with Crippen LogP contribution in [-0.4, -0.2) is 35.8 Å². The quantitative estimate of drug-likeness (QED) is 0.690. The summed E-state index contributed by atoms with van der Waals surface area (Å²) in [5.74, 6) is 0.662. The number of nitrogens with zero attached hydrogens (tertiary/aromatic N) is 1. The van der Waals surface area contributed by atoms with E-state index in [4.69, 9.17) is 9.47 Å². The van der Waals surface area contributed by atoms with Crippen LogP contribution in [0.1, 0.15) is 43.6 Å². The summed E-state index contributed by atoms with van der Waals surface area (Å²) in [7, 11) is 1.54. The van der Waals surface area contributed by atoms with Crippen molar-refractivity contribution >= 4 is 11.7 Å². The highest BCUT2D eigenvalue weighted by Gasteiger charge is 2.27. The van der Waals surface area contributed by atoms with E-state index in [1.54, 1.807) is 23.1 Å². The molecule has 0 spiro atoms. The number of carbonyl (C=O) groups is 2. The maximum atomic E-state index is 12.9. The van der Waals surface area contributed by atoms with Crippen LogP contribution in [0.15, 0.2) is 48.5 Å². The fraction of sp³-hybridized carbons (Fsp3) is 0.364. The van der Waals surface area contributed by atoms with Crippen molar-refractivity contribution in [3.05, 3.63) is 59.7 Å². The first-order valence-corrected chi connectivity index (χ1v) is 8.88. The summed E-state index contributed by atoms with van der Waals surface area (Å²) >= 11 is 0. The number of amides is 1. The molecular weight excluding hydrogens is 342 g/mol. The molecule has 0 radical (unpaired) electrons. The van der Waals surface area contributed by atoms with Gasteiger partial charge in [0.25, 0.3) is 5.91 Å². The van der Waals surface area contributed by atoms with Gasteiger partial charge in [-0.15, -0.1) is 0 Å². The Balaban J connectivity index is 2.15. The molecule has 0 fully saturated rings. The summed E-state index contributed by atoms with van der Waals surface area (Å²) in [5.41, 5.74) is 1.08. The normalized spacial score (nSPS) is 11.0. The first kappa shape index (κ1) is 20.5. The largest absolute Gasteiger partial charge is 0.497 e. The molecule has 2 aromatic rings. The molecule has 0 saturated heterocycles. The number of hydrogen-bond acceptors (Lipinski definition) is 4. The molecule has 0 bridgehead atoms. The molecule has 0 aliphatic carbocycles. The zero-order valence-electron chi connectivity index (χ0n) is 16.6. The van der Waals surface area contributed by atoms with Crippen LogP contribution in [0.3, 0.4) is 0 Å². The number of benzene rings is 2. The van der Waals surface area contributed by atoms with Crippen LogP contribution < -0.4 is 9.47 Å².